The van der Waals surface area contributed by atoms with Crippen molar-refractivity contribution in [3.05, 3.63) is 146 Å². The minimum atomic E-state index is -0.443. The Morgan fingerprint density at radius 2 is 1.07 bits per heavy atom. The van der Waals surface area contributed by atoms with Gasteiger partial charge in [0, 0.05) is 70.2 Å². The van der Waals surface area contributed by atoms with Gasteiger partial charge in [-0.1, -0.05) is 36.4 Å². The predicted octanol–water partition coefficient (Wildman–Crippen LogP) is 10.5. The van der Waals surface area contributed by atoms with Crippen LogP contribution < -0.4 is 16.2 Å². The number of methoxy groups -OCH3 is 1. The van der Waals surface area contributed by atoms with E-state index in [0.29, 0.717) is 78.3 Å². The van der Waals surface area contributed by atoms with Gasteiger partial charge in [0.05, 0.1) is 18.5 Å². The van der Waals surface area contributed by atoms with Crippen LogP contribution in [0.3, 0.4) is 0 Å². The number of phenols is 1. The summed E-state index contributed by atoms with van der Waals surface area (Å²) in [6.45, 7) is 0. The number of halogens is 5. The minimum Gasteiger partial charge on any atom is -0.507 e. The predicted molar refractivity (Wildman–Crippen MR) is 248 cm³/mol. The van der Waals surface area contributed by atoms with E-state index in [0.717, 1.165) is 5.56 Å². The fraction of sp³-hybridized carbons (Fsp3) is 0.0233. The van der Waals surface area contributed by atoms with Crippen LogP contribution in [0.25, 0.3) is 78.1 Å². The smallest absolute Gasteiger partial charge is 0.369 e. The highest BCUT2D eigenvalue weighted by Gasteiger charge is 2.22. The Morgan fingerprint density at radius 1 is 0.607 bits per heavy atom. The van der Waals surface area contributed by atoms with E-state index in [1.165, 1.54) is 12.1 Å². The lowest BCUT2D eigenvalue weighted by atomic mass is 10.0. The van der Waals surface area contributed by atoms with Crippen LogP contribution in [-0.2, 0) is 0 Å². The zero-order chi connectivity index (χ0) is 42.8. The molecule has 0 aliphatic heterocycles. The molecule has 10 aromatic rings. The van der Waals surface area contributed by atoms with E-state index in [1.54, 1.807) is 91.2 Å². The number of aromatic nitrogens is 8. The first-order chi connectivity index (χ1) is 29.5. The number of nitrogens with zero attached hydrogens (tertiary/aromatic N) is 8. The summed E-state index contributed by atoms with van der Waals surface area (Å²) in [4.78, 5) is 25.9. The van der Waals surface area contributed by atoms with E-state index >= 15 is 0 Å². The Balaban J connectivity index is 0.000000155. The lowest BCUT2D eigenvalue weighted by Crippen LogP contribution is -2.04. The zero-order valence-corrected chi connectivity index (χ0v) is 36.5. The van der Waals surface area contributed by atoms with Crippen LogP contribution in [0.2, 0.25) is 0 Å². The van der Waals surface area contributed by atoms with Crippen LogP contribution in [0.5, 0.6) is 11.5 Å². The van der Waals surface area contributed by atoms with Gasteiger partial charge in [-0.3, -0.25) is 18.8 Å². The summed E-state index contributed by atoms with van der Waals surface area (Å²) in [6.07, 6.45) is 9.89. The second kappa shape index (κ2) is 17.6. The lowest BCUT2D eigenvalue weighted by Gasteiger charge is -2.16. The van der Waals surface area contributed by atoms with Crippen molar-refractivity contribution in [1.29, 1.82) is 0 Å². The highest BCUT2D eigenvalue weighted by molar-refractivity contribution is 9.69. The lowest BCUT2D eigenvalue weighted by molar-refractivity contribution is 0.416. The number of anilines is 2. The number of nitrogens with two attached hydrogens (primary N) is 2. The summed E-state index contributed by atoms with van der Waals surface area (Å²) in [7, 11) is 1.60. The molecule has 0 amide bonds. The van der Waals surface area contributed by atoms with E-state index in [-0.39, 0.29) is 20.6 Å². The summed E-state index contributed by atoms with van der Waals surface area (Å²) in [5, 5.41) is 11.7. The monoisotopic (exact) mass is 1000 g/mol. The van der Waals surface area contributed by atoms with Gasteiger partial charge in [-0.25, -0.2) is 28.7 Å². The summed E-state index contributed by atoms with van der Waals surface area (Å²) >= 11 is 9.31. The third-order valence-electron chi connectivity index (χ3n) is 9.52. The zero-order valence-electron chi connectivity index (χ0n) is 31.8. The number of pyridine rings is 2. The van der Waals surface area contributed by atoms with Gasteiger partial charge in [0.25, 0.3) is 0 Å². The van der Waals surface area contributed by atoms with E-state index in [1.807, 2.05) is 46.9 Å². The Morgan fingerprint density at radius 3 is 1.56 bits per heavy atom. The third kappa shape index (κ3) is 8.21. The van der Waals surface area contributed by atoms with Gasteiger partial charge >= 0.3 is 3.18 Å². The summed E-state index contributed by atoms with van der Waals surface area (Å²) in [6, 6.07) is 28.1. The molecule has 0 radical (unpaired) electrons. The molecule has 0 aliphatic rings. The molecule has 0 saturated heterocycles. The number of hydrogen-bond acceptors (Lipinski definition) is 10. The average molecular weight is 1010 g/mol. The number of hydrogen-bond donors (Lipinski definition) is 3. The summed E-state index contributed by atoms with van der Waals surface area (Å²) in [5.74, 6) is 0.342. The Bertz CT molecular complexity index is 3240. The van der Waals surface area contributed by atoms with Crippen LogP contribution >= 0.6 is 47.3 Å². The maximum atomic E-state index is 14.9. The number of benzene rings is 4. The molecule has 5 N–H and O–H groups in total. The molecule has 0 atom stereocenters. The van der Waals surface area contributed by atoms with Crippen LogP contribution in [0.15, 0.2) is 134 Å². The van der Waals surface area contributed by atoms with Gasteiger partial charge in [0.2, 0.25) is 0 Å². The molecular weight excluding hydrogens is 977 g/mol. The molecule has 302 valence electrons. The van der Waals surface area contributed by atoms with Gasteiger partial charge < -0.3 is 21.3 Å². The van der Waals surface area contributed by atoms with Crippen molar-refractivity contribution in [3.8, 4) is 56.5 Å². The van der Waals surface area contributed by atoms with Crippen molar-refractivity contribution in [3.63, 3.8) is 0 Å². The number of fused-ring (bicyclic) bond motifs is 4. The summed E-state index contributed by atoms with van der Waals surface area (Å²) in [5.41, 5.74) is 18.6. The van der Waals surface area contributed by atoms with Crippen LogP contribution in [0, 0.1) is 11.6 Å². The van der Waals surface area contributed by atoms with Gasteiger partial charge in [0.15, 0.2) is 22.9 Å². The minimum absolute atomic E-state index is 0.0537. The molecule has 10 rings (SSSR count). The fourth-order valence-corrected chi connectivity index (χ4v) is 7.03. The SMILES string of the molecule is BrB(Br)Br.COc1ccccc1-c1nc(N)c2nccn2c1-c1cc(F)c2ncccc2c1.Nc1nc(-c2ccccc2O)c(-c2cc(F)c3ncccc3c2)n2ccnc12. The third-order valence-corrected chi connectivity index (χ3v) is 9.52. The van der Waals surface area contributed by atoms with Crippen LogP contribution in [-0.4, -0.2) is 54.1 Å². The highest BCUT2D eigenvalue weighted by atomic mass is 79.9. The first-order valence-electron chi connectivity index (χ1n) is 18.2. The molecule has 4 aromatic carbocycles. The van der Waals surface area contributed by atoms with E-state index in [9.17, 15) is 13.9 Å². The topological polar surface area (TPSA) is 168 Å². The molecule has 18 heteroatoms. The molecule has 0 bridgehead atoms. The maximum absolute atomic E-state index is 14.9. The van der Waals surface area contributed by atoms with Crippen molar-refractivity contribution in [2.24, 2.45) is 0 Å². The largest absolute Gasteiger partial charge is 0.507 e. The molecular formula is C43H30BBr3F2N10O2. The molecule has 6 heterocycles. The van der Waals surface area contributed by atoms with E-state index in [2.05, 4.69) is 77.2 Å². The number of phenolic OH excluding ortho intramolecular Hbond substituents is 1. The Labute approximate surface area is 371 Å². The summed E-state index contributed by atoms with van der Waals surface area (Å²) < 4.78 is 39.0. The maximum Gasteiger partial charge on any atom is 0.369 e. The van der Waals surface area contributed by atoms with Crippen molar-refractivity contribution < 1.29 is 18.6 Å². The number of imidazole rings is 2. The van der Waals surface area contributed by atoms with E-state index < -0.39 is 11.6 Å². The van der Waals surface area contributed by atoms with Crippen LogP contribution in [0.1, 0.15) is 0 Å². The first kappa shape index (κ1) is 41.2. The van der Waals surface area contributed by atoms with Gasteiger partial charge in [-0.2, -0.15) is 0 Å². The number of rotatable bonds is 5. The van der Waals surface area contributed by atoms with E-state index in [4.69, 9.17) is 16.2 Å². The average Bonchev–Trinajstić information content (AvgIpc) is 3.96. The van der Waals surface area contributed by atoms with Crippen molar-refractivity contribution in [2.45, 2.75) is 0 Å². The molecule has 6 aromatic heterocycles. The molecule has 0 unspecified atom stereocenters. The standard InChI is InChI=1S/C22H16FN5O.C21H14FN5O.BBr3/c1-29-17-7-3-2-6-15(17)19-20(28-10-9-26-22(28)21(24)27-19)14-11-13-5-4-8-25-18(13)16(23)12-14;22-15-11-13(10-12-4-3-7-24-17(12)15)19-18(14-5-1-2-6-16(14)28)26-20(23)21-25-8-9-27(19)21;2-1(3)4/h2-12H,1H3,(H2,24,27);1-11,28H,(H2,23,26);. The Kier molecular flexibility index (Phi) is 11.9. The molecule has 0 fully saturated rings. The first-order valence-corrected chi connectivity index (χ1v) is 21.0. The second-order valence-corrected chi connectivity index (χ2v) is 19.6. The van der Waals surface area contributed by atoms with Crippen LogP contribution in [0.4, 0.5) is 20.4 Å². The number of aromatic hydroxyl groups is 1. The molecule has 0 aliphatic carbocycles. The van der Waals surface area contributed by atoms with Crippen molar-refractivity contribution in [2.75, 3.05) is 18.6 Å². The molecule has 0 saturated carbocycles. The molecule has 12 nitrogen and oxygen atoms in total. The highest BCUT2D eigenvalue weighted by Crippen LogP contribution is 2.40. The van der Waals surface area contributed by atoms with Crippen molar-refractivity contribution in [1.82, 2.24) is 38.7 Å². The second-order valence-electron chi connectivity index (χ2n) is 13.2. The number of para-hydroxylation sites is 2. The van der Waals surface area contributed by atoms with Gasteiger partial charge in [0.1, 0.15) is 45.6 Å². The quantitative estimate of drug-likeness (QED) is 0.141. The number of ether oxygens (including phenoxy) is 1. The molecule has 0 spiro atoms. The normalized spacial score (nSPS) is 11.0. The van der Waals surface area contributed by atoms with Gasteiger partial charge in [-0.15, -0.1) is 47.3 Å². The number of nitrogen functional groups attached to an aromatic ring is 2. The fourth-order valence-electron chi connectivity index (χ4n) is 7.03. The van der Waals surface area contributed by atoms with Crippen molar-refractivity contribution >= 4 is 95.2 Å². The Hall–Kier alpha value is -6.50. The molecule has 61 heavy (non-hydrogen) atoms. The van der Waals surface area contributed by atoms with Gasteiger partial charge in [-0.05, 0) is 60.7 Å².